The molecule has 1 radical (unpaired) electrons. The van der Waals surface area contributed by atoms with Gasteiger partial charge in [-0.05, 0) is 0 Å². The lowest BCUT2D eigenvalue weighted by Gasteiger charge is -2.28. The van der Waals surface area contributed by atoms with Crippen molar-refractivity contribution in [3.05, 3.63) is 0 Å². The molecule has 0 aromatic rings. The molecule has 0 unspecified atom stereocenters. The van der Waals surface area contributed by atoms with Gasteiger partial charge < -0.3 is 5.11 Å². The van der Waals surface area contributed by atoms with E-state index in [2.05, 4.69) is 12.8 Å². The quantitative estimate of drug-likeness (QED) is 0.754. The van der Waals surface area contributed by atoms with Gasteiger partial charge in [0.05, 0.1) is 0 Å². The highest BCUT2D eigenvalue weighted by atomic mass is 32.1. The Morgan fingerprint density at radius 3 is 1.62 bits per heavy atom. The molecule has 0 atom stereocenters. The molecule has 0 fully saturated rings. The first-order valence-corrected chi connectivity index (χ1v) is 3.63. The number of hydrogen-bond acceptors (Lipinski definition) is 2. The van der Waals surface area contributed by atoms with E-state index in [1.54, 1.807) is 0 Å². The van der Waals surface area contributed by atoms with Gasteiger partial charge in [-0.25, -0.2) is 4.79 Å². The van der Waals surface area contributed by atoms with Crippen LogP contribution in [0, 0.1) is 0 Å². The highest BCUT2D eigenvalue weighted by molar-refractivity contribution is 7.78. The molecule has 0 heterocycles. The van der Waals surface area contributed by atoms with E-state index in [0.29, 0.717) is 4.72 Å². The third-order valence-electron chi connectivity index (χ3n) is 1.44. The lowest BCUT2D eigenvalue weighted by Crippen LogP contribution is -2.62. The van der Waals surface area contributed by atoms with Crippen LogP contribution in [0.15, 0.2) is 0 Å². The van der Waals surface area contributed by atoms with Crippen LogP contribution in [0.5, 0.6) is 0 Å². The molecule has 0 saturated carbocycles. The zero-order chi connectivity index (χ0) is 13.4. The molecule has 0 aromatic heterocycles. The van der Waals surface area contributed by atoms with Gasteiger partial charge in [0.2, 0.25) is 0 Å². The van der Waals surface area contributed by atoms with Gasteiger partial charge in [-0.3, -0.25) is 9.52 Å². The minimum absolute atomic E-state index is 0.611. The summed E-state index contributed by atoms with van der Waals surface area (Å²) in [6, 6.07) is 0. The standard InChI is InChI=1S/C5H2F6NO3S/c6-3(7,1(13)12-16)5(10,11)4(8,9)2(14)15/h(H,12,13)(H,14,15). The van der Waals surface area contributed by atoms with Crippen molar-refractivity contribution in [2.75, 3.05) is 0 Å². The van der Waals surface area contributed by atoms with Gasteiger partial charge in [0.25, 0.3) is 0 Å². The first kappa shape index (κ1) is 14.9. The Labute approximate surface area is 89.1 Å². The van der Waals surface area contributed by atoms with E-state index in [1.807, 2.05) is 0 Å². The largest absolute Gasteiger partial charge is 0.477 e. The fourth-order valence-electron chi connectivity index (χ4n) is 0.538. The maximum absolute atomic E-state index is 12.5. The first-order chi connectivity index (χ1) is 6.92. The lowest BCUT2D eigenvalue weighted by molar-refractivity contribution is -0.292. The van der Waals surface area contributed by atoms with Crippen LogP contribution in [0.1, 0.15) is 0 Å². The van der Waals surface area contributed by atoms with Gasteiger partial charge in [0, 0.05) is 12.8 Å². The predicted molar refractivity (Wildman–Crippen MR) is 38.2 cm³/mol. The van der Waals surface area contributed by atoms with Crippen LogP contribution in [0.3, 0.4) is 0 Å². The maximum Gasteiger partial charge on any atom is 0.411 e. The summed E-state index contributed by atoms with van der Waals surface area (Å²) < 4.78 is 75.1. The van der Waals surface area contributed by atoms with E-state index in [4.69, 9.17) is 5.11 Å². The van der Waals surface area contributed by atoms with Gasteiger partial charge >= 0.3 is 29.6 Å². The normalized spacial score (nSPS) is 13.4. The number of hydrogen-bond donors (Lipinski definition) is 2. The summed E-state index contributed by atoms with van der Waals surface area (Å²) in [7, 11) is 0. The zero-order valence-electron chi connectivity index (χ0n) is 6.94. The van der Waals surface area contributed by atoms with E-state index in [-0.39, 0.29) is 0 Å². The SMILES string of the molecule is O=C(O)C(F)(F)C(F)(F)C(F)(F)C(=O)N[S]. The molecule has 4 nitrogen and oxygen atoms in total. The average Bonchev–Trinajstić information content (AvgIpc) is 2.15. The van der Waals surface area contributed by atoms with Crippen LogP contribution < -0.4 is 4.72 Å². The van der Waals surface area contributed by atoms with E-state index in [9.17, 15) is 35.9 Å². The second kappa shape index (κ2) is 4.03. The Hall–Kier alpha value is -1.13. The van der Waals surface area contributed by atoms with Gasteiger partial charge in [0.15, 0.2) is 0 Å². The maximum atomic E-state index is 12.5. The first-order valence-electron chi connectivity index (χ1n) is 3.22. The van der Waals surface area contributed by atoms with E-state index >= 15 is 0 Å². The monoisotopic (exact) mass is 270 g/mol. The van der Waals surface area contributed by atoms with Crippen LogP contribution in [0.4, 0.5) is 26.3 Å². The Kier molecular flexibility index (Phi) is 3.75. The smallest absolute Gasteiger partial charge is 0.411 e. The molecular weight excluding hydrogens is 268 g/mol. The molecule has 93 valence electrons. The molecule has 0 bridgehead atoms. The third-order valence-corrected chi connectivity index (χ3v) is 1.62. The number of carboxylic acids is 1. The summed E-state index contributed by atoms with van der Waals surface area (Å²) in [5.41, 5.74) is 0. The van der Waals surface area contributed by atoms with Crippen LogP contribution in [0.2, 0.25) is 0 Å². The zero-order valence-corrected chi connectivity index (χ0v) is 7.76. The third kappa shape index (κ3) is 1.90. The molecule has 0 aliphatic heterocycles. The Bertz CT molecular complexity index is 319. The molecule has 16 heavy (non-hydrogen) atoms. The van der Waals surface area contributed by atoms with Crippen molar-refractivity contribution in [3.63, 3.8) is 0 Å². The van der Waals surface area contributed by atoms with Gasteiger partial charge in [-0.2, -0.15) is 26.3 Å². The molecule has 11 heteroatoms. The van der Waals surface area contributed by atoms with Crippen LogP contribution in [-0.2, 0) is 9.59 Å². The van der Waals surface area contributed by atoms with Crippen molar-refractivity contribution in [2.24, 2.45) is 0 Å². The Morgan fingerprint density at radius 1 is 1.00 bits per heavy atom. The van der Waals surface area contributed by atoms with Crippen molar-refractivity contribution >= 4 is 24.7 Å². The molecule has 0 aromatic carbocycles. The summed E-state index contributed by atoms with van der Waals surface area (Å²) >= 11 is 3.48. The van der Waals surface area contributed by atoms with Gasteiger partial charge in [-0.1, -0.05) is 0 Å². The van der Waals surface area contributed by atoms with Crippen molar-refractivity contribution in [1.29, 1.82) is 0 Å². The topological polar surface area (TPSA) is 66.4 Å². The fraction of sp³-hybridized carbons (Fsp3) is 0.600. The molecular formula is C5H2F6NO3S. The second-order valence-corrected chi connectivity index (χ2v) is 2.66. The van der Waals surface area contributed by atoms with Crippen molar-refractivity contribution in [1.82, 2.24) is 4.72 Å². The summed E-state index contributed by atoms with van der Waals surface area (Å²) in [5.74, 6) is -24.9. The van der Waals surface area contributed by atoms with Gasteiger partial charge in [-0.15, -0.1) is 0 Å². The molecule has 2 N–H and O–H groups in total. The highest BCUT2D eigenvalue weighted by Crippen LogP contribution is 2.45. The molecule has 0 saturated heterocycles. The lowest BCUT2D eigenvalue weighted by atomic mass is 10.0. The number of rotatable bonds is 4. The summed E-state index contributed by atoms with van der Waals surface area (Å²) in [4.78, 5) is 19.9. The second-order valence-electron chi connectivity index (χ2n) is 2.46. The van der Waals surface area contributed by atoms with Crippen molar-refractivity contribution in [3.8, 4) is 0 Å². The highest BCUT2D eigenvalue weighted by Gasteiger charge is 2.78. The summed E-state index contributed by atoms with van der Waals surface area (Å²) in [6.45, 7) is 0. The number of carbonyl (C=O) groups excluding carboxylic acids is 1. The van der Waals surface area contributed by atoms with E-state index < -0.39 is 29.6 Å². The summed E-state index contributed by atoms with van der Waals surface area (Å²) in [5, 5.41) is 7.67. The summed E-state index contributed by atoms with van der Waals surface area (Å²) in [6.07, 6.45) is 0. The molecule has 0 spiro atoms. The molecule has 0 aliphatic carbocycles. The van der Waals surface area contributed by atoms with Gasteiger partial charge in [0.1, 0.15) is 0 Å². The van der Waals surface area contributed by atoms with E-state index in [1.165, 1.54) is 0 Å². The van der Waals surface area contributed by atoms with Crippen LogP contribution in [0.25, 0.3) is 0 Å². The number of carbonyl (C=O) groups is 2. The molecule has 0 rings (SSSR count). The predicted octanol–water partition coefficient (Wildman–Crippen LogP) is 1.21. The van der Waals surface area contributed by atoms with Crippen molar-refractivity contribution < 1.29 is 41.0 Å². The number of amides is 1. The number of nitrogens with one attached hydrogen (secondary N) is 1. The molecule has 1 amide bonds. The number of carboxylic acid groups (broad SMARTS) is 1. The van der Waals surface area contributed by atoms with Crippen LogP contribution >= 0.6 is 12.8 Å². The Morgan fingerprint density at radius 2 is 1.38 bits per heavy atom. The average molecular weight is 270 g/mol. The minimum atomic E-state index is -6.41. The Balaban J connectivity index is 5.51. The van der Waals surface area contributed by atoms with Crippen LogP contribution in [-0.4, -0.2) is 34.8 Å². The molecule has 0 aliphatic rings. The van der Waals surface area contributed by atoms with Crippen molar-refractivity contribution in [2.45, 2.75) is 17.8 Å². The number of alkyl halides is 6. The fourth-order valence-corrected chi connectivity index (χ4v) is 0.666. The number of halogens is 6. The minimum Gasteiger partial charge on any atom is -0.477 e. The number of aliphatic carboxylic acids is 1. The van der Waals surface area contributed by atoms with E-state index in [0.717, 1.165) is 0 Å².